The van der Waals surface area contributed by atoms with Crippen LogP contribution in [0.1, 0.15) is 11.1 Å². The molecule has 0 aliphatic heterocycles. The van der Waals surface area contributed by atoms with Crippen LogP contribution in [0.5, 0.6) is 0 Å². The molecule has 1 aromatic heterocycles. The number of hydrogen-bond acceptors (Lipinski definition) is 4. The first-order valence-corrected chi connectivity index (χ1v) is 8.57. The molecule has 7 heteroatoms. The summed E-state index contributed by atoms with van der Waals surface area (Å²) in [6, 6.07) is 11.7. The van der Waals surface area contributed by atoms with Crippen molar-refractivity contribution in [2.24, 2.45) is 0 Å². The van der Waals surface area contributed by atoms with Gasteiger partial charge in [0.15, 0.2) is 0 Å². The molecule has 0 atom stereocenters. The highest BCUT2D eigenvalue weighted by Crippen LogP contribution is 2.11. The van der Waals surface area contributed by atoms with Gasteiger partial charge in [-0.3, -0.25) is 14.2 Å². The molecule has 0 saturated heterocycles. The van der Waals surface area contributed by atoms with E-state index in [1.807, 2.05) is 38.4 Å². The molecule has 6 nitrogen and oxygen atoms in total. The van der Waals surface area contributed by atoms with E-state index in [0.29, 0.717) is 12.1 Å². The standard InChI is InChI=1S/C20H21FN4O2/c1-24(2)11-15-6-4-3-5-14(15)10-22-19(26)12-25-13-23-18-8-7-16(21)9-17(18)20(25)27/h3-9,13H,10-12H2,1-2H3,(H,22,26). The molecule has 1 N–H and O–H groups in total. The van der Waals surface area contributed by atoms with Gasteiger partial charge in [0.05, 0.1) is 17.2 Å². The van der Waals surface area contributed by atoms with Gasteiger partial charge in [0.25, 0.3) is 5.56 Å². The molecule has 0 bridgehead atoms. The number of halogens is 1. The van der Waals surface area contributed by atoms with Crippen LogP contribution in [0.2, 0.25) is 0 Å². The largest absolute Gasteiger partial charge is 0.350 e. The van der Waals surface area contributed by atoms with Crippen molar-refractivity contribution >= 4 is 16.8 Å². The molecule has 0 fully saturated rings. The van der Waals surface area contributed by atoms with Crippen LogP contribution >= 0.6 is 0 Å². The number of fused-ring (bicyclic) bond motifs is 1. The Morgan fingerprint density at radius 3 is 2.67 bits per heavy atom. The maximum atomic E-state index is 13.4. The van der Waals surface area contributed by atoms with Crippen molar-refractivity contribution < 1.29 is 9.18 Å². The van der Waals surface area contributed by atoms with Gasteiger partial charge < -0.3 is 10.2 Å². The first-order chi connectivity index (χ1) is 12.9. The molecular weight excluding hydrogens is 347 g/mol. The summed E-state index contributed by atoms with van der Waals surface area (Å²) in [5.74, 6) is -0.824. The Morgan fingerprint density at radius 2 is 1.93 bits per heavy atom. The molecule has 27 heavy (non-hydrogen) atoms. The van der Waals surface area contributed by atoms with E-state index in [0.717, 1.165) is 23.7 Å². The molecule has 0 saturated carbocycles. The third-order valence-corrected chi connectivity index (χ3v) is 4.18. The Morgan fingerprint density at radius 1 is 1.19 bits per heavy atom. The molecule has 1 heterocycles. The SMILES string of the molecule is CN(C)Cc1ccccc1CNC(=O)Cn1cnc2ccc(F)cc2c1=O. The monoisotopic (exact) mass is 368 g/mol. The first kappa shape index (κ1) is 18.7. The molecule has 0 spiro atoms. The van der Waals surface area contributed by atoms with E-state index in [4.69, 9.17) is 0 Å². The first-order valence-electron chi connectivity index (χ1n) is 8.57. The van der Waals surface area contributed by atoms with Gasteiger partial charge in [0.1, 0.15) is 12.4 Å². The van der Waals surface area contributed by atoms with Crippen LogP contribution in [-0.2, 0) is 24.4 Å². The number of nitrogens with one attached hydrogen (secondary N) is 1. The quantitative estimate of drug-likeness (QED) is 0.722. The van der Waals surface area contributed by atoms with Crippen molar-refractivity contribution in [1.29, 1.82) is 0 Å². The van der Waals surface area contributed by atoms with Crippen LogP contribution in [-0.4, -0.2) is 34.5 Å². The number of nitrogens with zero attached hydrogens (tertiary/aromatic N) is 3. The Balaban J connectivity index is 1.71. The van der Waals surface area contributed by atoms with Crippen molar-refractivity contribution in [1.82, 2.24) is 19.8 Å². The van der Waals surface area contributed by atoms with Crippen LogP contribution in [0.25, 0.3) is 10.9 Å². The third kappa shape index (κ3) is 4.57. The summed E-state index contributed by atoms with van der Waals surface area (Å²) < 4.78 is 14.6. The molecule has 3 aromatic rings. The maximum Gasteiger partial charge on any atom is 0.261 e. The summed E-state index contributed by atoms with van der Waals surface area (Å²) in [6.07, 6.45) is 1.31. The number of rotatable bonds is 6. The van der Waals surface area contributed by atoms with Gasteiger partial charge in [0.2, 0.25) is 5.91 Å². The molecule has 1 amide bonds. The number of amides is 1. The summed E-state index contributed by atoms with van der Waals surface area (Å²) >= 11 is 0. The Hall–Kier alpha value is -3.06. The van der Waals surface area contributed by atoms with Crippen molar-refractivity contribution in [3.05, 3.63) is 76.1 Å². The van der Waals surface area contributed by atoms with Gasteiger partial charge >= 0.3 is 0 Å². The Bertz CT molecular complexity index is 1030. The average Bonchev–Trinajstić information content (AvgIpc) is 2.63. The van der Waals surface area contributed by atoms with Crippen LogP contribution in [0.4, 0.5) is 4.39 Å². The van der Waals surface area contributed by atoms with Gasteiger partial charge in [-0.05, 0) is 43.4 Å². The maximum absolute atomic E-state index is 13.4. The second-order valence-electron chi connectivity index (χ2n) is 6.62. The second kappa shape index (κ2) is 8.09. The van der Waals surface area contributed by atoms with E-state index in [9.17, 15) is 14.0 Å². The zero-order valence-corrected chi connectivity index (χ0v) is 15.3. The molecule has 0 aliphatic rings. The summed E-state index contributed by atoms with van der Waals surface area (Å²) in [5, 5.41) is 2.98. The van der Waals surface area contributed by atoms with Crippen LogP contribution in [0.15, 0.2) is 53.6 Å². The lowest BCUT2D eigenvalue weighted by atomic mass is 10.1. The normalized spacial score (nSPS) is 11.1. The number of benzene rings is 2. The van der Waals surface area contributed by atoms with Crippen molar-refractivity contribution in [3.8, 4) is 0 Å². The summed E-state index contributed by atoms with van der Waals surface area (Å²) in [5.41, 5.74) is 2.10. The van der Waals surface area contributed by atoms with Crippen molar-refractivity contribution in [3.63, 3.8) is 0 Å². The number of carbonyl (C=O) groups excluding carboxylic acids is 1. The molecule has 0 aliphatic carbocycles. The third-order valence-electron chi connectivity index (χ3n) is 4.18. The van der Waals surface area contributed by atoms with E-state index in [1.165, 1.54) is 23.0 Å². The average molecular weight is 368 g/mol. The molecule has 0 radical (unpaired) electrons. The second-order valence-corrected chi connectivity index (χ2v) is 6.62. The van der Waals surface area contributed by atoms with E-state index in [1.54, 1.807) is 0 Å². The highest BCUT2D eigenvalue weighted by molar-refractivity contribution is 5.79. The fourth-order valence-corrected chi connectivity index (χ4v) is 2.87. The van der Waals surface area contributed by atoms with Gasteiger partial charge in [-0.15, -0.1) is 0 Å². The summed E-state index contributed by atoms with van der Waals surface area (Å²) in [4.78, 5) is 30.9. The van der Waals surface area contributed by atoms with Gasteiger partial charge in [-0.1, -0.05) is 24.3 Å². The Kier molecular flexibility index (Phi) is 5.61. The predicted molar refractivity (Wildman–Crippen MR) is 102 cm³/mol. The van der Waals surface area contributed by atoms with Crippen LogP contribution in [0, 0.1) is 5.82 Å². The Labute approximate surface area is 156 Å². The fourth-order valence-electron chi connectivity index (χ4n) is 2.87. The van der Waals surface area contributed by atoms with Gasteiger partial charge in [-0.25, -0.2) is 9.37 Å². The number of carbonyl (C=O) groups is 1. The number of aromatic nitrogens is 2. The van der Waals surface area contributed by atoms with Gasteiger partial charge in [0, 0.05) is 13.1 Å². The van der Waals surface area contributed by atoms with E-state index < -0.39 is 11.4 Å². The lowest BCUT2D eigenvalue weighted by Gasteiger charge is -2.15. The van der Waals surface area contributed by atoms with Crippen LogP contribution < -0.4 is 10.9 Å². The summed E-state index contributed by atoms with van der Waals surface area (Å²) in [6.45, 7) is 0.965. The molecule has 3 rings (SSSR count). The van der Waals surface area contributed by atoms with Crippen molar-refractivity contribution in [2.75, 3.05) is 14.1 Å². The smallest absolute Gasteiger partial charge is 0.261 e. The number of hydrogen-bond donors (Lipinski definition) is 1. The molecular formula is C20H21FN4O2. The zero-order valence-electron chi connectivity index (χ0n) is 15.3. The predicted octanol–water partition coefficient (Wildman–Crippen LogP) is 1.91. The minimum absolute atomic E-state index is 0.154. The summed E-state index contributed by atoms with van der Waals surface area (Å²) in [7, 11) is 3.97. The van der Waals surface area contributed by atoms with E-state index in [2.05, 4.69) is 15.2 Å². The molecule has 140 valence electrons. The molecule has 0 unspecified atom stereocenters. The minimum atomic E-state index is -0.513. The highest BCUT2D eigenvalue weighted by Gasteiger charge is 2.10. The lowest BCUT2D eigenvalue weighted by Crippen LogP contribution is -2.32. The fraction of sp³-hybridized carbons (Fsp3) is 0.250. The van der Waals surface area contributed by atoms with Crippen molar-refractivity contribution in [2.45, 2.75) is 19.6 Å². The minimum Gasteiger partial charge on any atom is -0.350 e. The highest BCUT2D eigenvalue weighted by atomic mass is 19.1. The topological polar surface area (TPSA) is 67.2 Å². The van der Waals surface area contributed by atoms with Gasteiger partial charge in [-0.2, -0.15) is 0 Å². The zero-order chi connectivity index (χ0) is 19.4. The molecule has 2 aromatic carbocycles. The van der Waals surface area contributed by atoms with Crippen LogP contribution in [0.3, 0.4) is 0 Å². The van der Waals surface area contributed by atoms with E-state index in [-0.39, 0.29) is 17.8 Å². The van der Waals surface area contributed by atoms with E-state index >= 15 is 0 Å². The lowest BCUT2D eigenvalue weighted by molar-refractivity contribution is -0.121.